The van der Waals surface area contributed by atoms with Crippen LogP contribution in [0.1, 0.15) is 30.3 Å². The predicted octanol–water partition coefficient (Wildman–Crippen LogP) is 3.36. The van der Waals surface area contributed by atoms with Crippen LogP contribution in [0.2, 0.25) is 5.15 Å². The van der Waals surface area contributed by atoms with Crippen molar-refractivity contribution in [3.63, 3.8) is 0 Å². The number of anilines is 1. The Labute approximate surface area is 115 Å². The lowest BCUT2D eigenvalue weighted by molar-refractivity contribution is 0.789. The number of thiazole rings is 1. The highest BCUT2D eigenvalue weighted by molar-refractivity contribution is 7.09. The van der Waals surface area contributed by atoms with Crippen molar-refractivity contribution >= 4 is 28.8 Å². The van der Waals surface area contributed by atoms with Crippen LogP contribution in [0.4, 0.5) is 5.82 Å². The van der Waals surface area contributed by atoms with Gasteiger partial charge in [-0.3, -0.25) is 0 Å². The third-order valence-electron chi connectivity index (χ3n) is 2.70. The average Bonchev–Trinajstić information content (AvgIpc) is 2.90. The minimum atomic E-state index is 0.350. The largest absolute Gasteiger partial charge is 0.369 e. The third-order valence-corrected chi connectivity index (χ3v) is 4.03. The van der Waals surface area contributed by atoms with Gasteiger partial charge in [0.05, 0.1) is 5.01 Å². The summed E-state index contributed by atoms with van der Waals surface area (Å²) >= 11 is 7.71. The molecule has 0 saturated carbocycles. The summed E-state index contributed by atoms with van der Waals surface area (Å²) in [7, 11) is 0. The molecule has 18 heavy (non-hydrogen) atoms. The molecule has 2 rings (SSSR count). The van der Waals surface area contributed by atoms with Gasteiger partial charge in [-0.05, 0) is 6.42 Å². The molecule has 0 aliphatic rings. The van der Waals surface area contributed by atoms with E-state index in [9.17, 15) is 0 Å². The molecule has 0 radical (unpaired) electrons. The lowest BCUT2D eigenvalue weighted by Crippen LogP contribution is -2.12. The molecule has 0 fully saturated rings. The molecule has 1 N–H and O–H groups in total. The van der Waals surface area contributed by atoms with Gasteiger partial charge in [-0.15, -0.1) is 11.3 Å². The van der Waals surface area contributed by atoms with E-state index in [-0.39, 0.29) is 0 Å². The Bertz CT molecular complexity index is 501. The van der Waals surface area contributed by atoms with Crippen LogP contribution < -0.4 is 5.32 Å². The number of hydrogen-bond acceptors (Lipinski definition) is 5. The topological polar surface area (TPSA) is 50.7 Å². The van der Waals surface area contributed by atoms with Crippen molar-refractivity contribution in [2.45, 2.75) is 26.2 Å². The summed E-state index contributed by atoms with van der Waals surface area (Å²) in [5, 5.41) is 6.97. The summed E-state index contributed by atoms with van der Waals surface area (Å²) in [6.07, 6.45) is 4.13. The Hall–Kier alpha value is -1.20. The zero-order chi connectivity index (χ0) is 13.0. The van der Waals surface area contributed by atoms with E-state index in [4.69, 9.17) is 11.6 Å². The molecular weight excluding hydrogens is 268 g/mol. The Morgan fingerprint density at radius 2 is 2.22 bits per heavy atom. The molecule has 0 aliphatic heterocycles. The smallest absolute Gasteiger partial charge is 0.137 e. The second kappa shape index (κ2) is 6.11. The number of hydrogen-bond donors (Lipinski definition) is 1. The monoisotopic (exact) mass is 282 g/mol. The Balaban J connectivity index is 2.04. The van der Waals surface area contributed by atoms with Crippen molar-refractivity contribution in [3.8, 4) is 0 Å². The molecule has 1 unspecified atom stereocenters. The zero-order valence-corrected chi connectivity index (χ0v) is 11.9. The summed E-state index contributed by atoms with van der Waals surface area (Å²) in [4.78, 5) is 12.5. The van der Waals surface area contributed by atoms with Gasteiger partial charge >= 0.3 is 0 Å². The summed E-state index contributed by atoms with van der Waals surface area (Å²) in [6.45, 7) is 4.97. The van der Waals surface area contributed by atoms with E-state index in [1.165, 1.54) is 6.33 Å². The third kappa shape index (κ3) is 2.97. The molecular formula is C12H15ClN4S. The summed E-state index contributed by atoms with van der Waals surface area (Å²) in [6, 6.07) is 0. The fraction of sp³-hybridized carbons (Fsp3) is 0.417. The second-order valence-electron chi connectivity index (χ2n) is 4.00. The van der Waals surface area contributed by atoms with Crippen molar-refractivity contribution in [3.05, 3.63) is 33.6 Å². The molecule has 0 spiro atoms. The molecule has 96 valence electrons. The van der Waals surface area contributed by atoms with Gasteiger partial charge in [0.25, 0.3) is 0 Å². The standard InChI is InChI=1S/C12H15ClN4S/c1-3-9-10(13)16-7-17-11(9)15-6-8(2)12-14-4-5-18-12/h4-5,7-8H,3,6H2,1-2H3,(H,15,16,17). The second-order valence-corrected chi connectivity index (χ2v) is 5.28. The lowest BCUT2D eigenvalue weighted by atomic mass is 10.2. The Morgan fingerprint density at radius 1 is 1.39 bits per heavy atom. The van der Waals surface area contributed by atoms with Gasteiger partial charge in [-0.1, -0.05) is 25.4 Å². The van der Waals surface area contributed by atoms with E-state index in [0.29, 0.717) is 11.1 Å². The summed E-state index contributed by atoms with van der Waals surface area (Å²) in [5.41, 5.74) is 0.963. The molecule has 0 amide bonds. The van der Waals surface area contributed by atoms with E-state index in [1.807, 2.05) is 18.5 Å². The maximum Gasteiger partial charge on any atom is 0.137 e. The first-order chi connectivity index (χ1) is 8.72. The fourth-order valence-electron chi connectivity index (χ4n) is 1.67. The molecule has 2 aromatic rings. The number of rotatable bonds is 5. The molecule has 0 bridgehead atoms. The SMILES string of the molecule is CCc1c(Cl)ncnc1NCC(C)c1nccs1. The van der Waals surface area contributed by atoms with Crippen molar-refractivity contribution in [1.29, 1.82) is 0 Å². The van der Waals surface area contributed by atoms with E-state index >= 15 is 0 Å². The van der Waals surface area contributed by atoms with Crippen LogP contribution in [0.5, 0.6) is 0 Å². The zero-order valence-electron chi connectivity index (χ0n) is 10.4. The number of halogens is 1. The molecule has 0 aliphatic carbocycles. The number of aromatic nitrogens is 3. The van der Waals surface area contributed by atoms with Crippen LogP contribution in [0.25, 0.3) is 0 Å². The first-order valence-corrected chi connectivity index (χ1v) is 7.10. The van der Waals surface area contributed by atoms with Crippen LogP contribution in [0.15, 0.2) is 17.9 Å². The molecule has 1 atom stereocenters. The van der Waals surface area contributed by atoms with Gasteiger partial charge in [0, 0.05) is 29.6 Å². The van der Waals surface area contributed by atoms with Gasteiger partial charge < -0.3 is 5.32 Å². The maximum absolute atomic E-state index is 6.04. The van der Waals surface area contributed by atoms with Crippen molar-refractivity contribution in [2.75, 3.05) is 11.9 Å². The van der Waals surface area contributed by atoms with Gasteiger partial charge in [0.15, 0.2) is 0 Å². The Morgan fingerprint density at radius 3 is 2.89 bits per heavy atom. The molecule has 0 aromatic carbocycles. The van der Waals surface area contributed by atoms with Gasteiger partial charge in [0.1, 0.15) is 17.3 Å². The molecule has 6 heteroatoms. The summed E-state index contributed by atoms with van der Waals surface area (Å²) in [5.74, 6) is 1.17. The highest BCUT2D eigenvalue weighted by Gasteiger charge is 2.11. The maximum atomic E-state index is 6.04. The van der Waals surface area contributed by atoms with E-state index in [0.717, 1.165) is 29.4 Å². The van der Waals surface area contributed by atoms with Gasteiger partial charge in [-0.2, -0.15) is 0 Å². The highest BCUT2D eigenvalue weighted by Crippen LogP contribution is 2.22. The molecule has 2 aromatic heterocycles. The average molecular weight is 283 g/mol. The number of nitrogens with zero attached hydrogens (tertiary/aromatic N) is 3. The first kappa shape index (κ1) is 13.2. The predicted molar refractivity (Wildman–Crippen MR) is 75.4 cm³/mol. The van der Waals surface area contributed by atoms with Crippen molar-refractivity contribution in [2.24, 2.45) is 0 Å². The fourth-order valence-corrected chi connectivity index (χ4v) is 2.64. The van der Waals surface area contributed by atoms with Crippen molar-refractivity contribution in [1.82, 2.24) is 15.0 Å². The van der Waals surface area contributed by atoms with Gasteiger partial charge in [-0.25, -0.2) is 15.0 Å². The molecule has 4 nitrogen and oxygen atoms in total. The normalized spacial score (nSPS) is 12.4. The van der Waals surface area contributed by atoms with E-state index in [1.54, 1.807) is 11.3 Å². The quantitative estimate of drug-likeness (QED) is 0.855. The van der Waals surface area contributed by atoms with E-state index in [2.05, 4.69) is 27.2 Å². The summed E-state index contributed by atoms with van der Waals surface area (Å²) < 4.78 is 0. The van der Waals surface area contributed by atoms with Crippen LogP contribution in [0.3, 0.4) is 0 Å². The van der Waals surface area contributed by atoms with Crippen molar-refractivity contribution < 1.29 is 0 Å². The molecule has 0 saturated heterocycles. The van der Waals surface area contributed by atoms with Crippen LogP contribution >= 0.6 is 22.9 Å². The van der Waals surface area contributed by atoms with Gasteiger partial charge in [0.2, 0.25) is 0 Å². The van der Waals surface area contributed by atoms with Crippen LogP contribution in [0, 0.1) is 0 Å². The number of nitrogens with one attached hydrogen (secondary N) is 1. The lowest BCUT2D eigenvalue weighted by Gasteiger charge is -2.13. The first-order valence-electron chi connectivity index (χ1n) is 5.85. The Kier molecular flexibility index (Phi) is 4.49. The van der Waals surface area contributed by atoms with Crippen LogP contribution in [-0.4, -0.2) is 21.5 Å². The van der Waals surface area contributed by atoms with Crippen LogP contribution in [-0.2, 0) is 6.42 Å². The molecule has 2 heterocycles. The van der Waals surface area contributed by atoms with E-state index < -0.39 is 0 Å². The highest BCUT2D eigenvalue weighted by atomic mass is 35.5. The minimum Gasteiger partial charge on any atom is -0.369 e. The minimum absolute atomic E-state index is 0.350.